The van der Waals surface area contributed by atoms with Gasteiger partial charge in [0.15, 0.2) is 0 Å². The van der Waals surface area contributed by atoms with E-state index in [9.17, 15) is 4.79 Å². The topological polar surface area (TPSA) is 72.3 Å². The summed E-state index contributed by atoms with van der Waals surface area (Å²) in [6, 6.07) is 5.61. The molecule has 2 atom stereocenters. The summed E-state index contributed by atoms with van der Waals surface area (Å²) < 4.78 is 0. The Bertz CT molecular complexity index is 428. The third kappa shape index (κ3) is 1.70. The Morgan fingerprint density at radius 1 is 1.38 bits per heavy atom. The van der Waals surface area contributed by atoms with Gasteiger partial charge in [-0.15, -0.1) is 0 Å². The van der Waals surface area contributed by atoms with E-state index in [0.717, 1.165) is 16.8 Å². The Morgan fingerprint density at radius 3 is 2.69 bits per heavy atom. The minimum Gasteiger partial charge on any atom is -0.326 e. The van der Waals surface area contributed by atoms with E-state index in [-0.39, 0.29) is 18.0 Å². The van der Waals surface area contributed by atoms with Crippen molar-refractivity contribution in [1.29, 1.82) is 0 Å². The van der Waals surface area contributed by atoms with Crippen molar-refractivity contribution in [3.05, 3.63) is 29.3 Å². The molecule has 0 aromatic heterocycles. The van der Waals surface area contributed by atoms with Crippen LogP contribution >= 0.6 is 0 Å². The van der Waals surface area contributed by atoms with Crippen LogP contribution in [0.4, 0.5) is 5.69 Å². The number of amides is 1. The Hall–Kier alpha value is -1.39. The highest BCUT2D eigenvalue weighted by atomic mass is 16.2. The molecule has 1 heterocycles. The molecule has 1 aromatic rings. The number of likely N-dealkylation sites (N-methyl/N-ethyl adjacent to an activating group) is 1. The van der Waals surface area contributed by atoms with Crippen molar-refractivity contribution in [3.8, 4) is 0 Å². The smallest absolute Gasteiger partial charge is 0.231 e. The van der Waals surface area contributed by atoms with Gasteiger partial charge in [0.1, 0.15) is 0 Å². The molecular formula is C12H17N3O. The number of rotatable bonds is 2. The number of anilines is 1. The van der Waals surface area contributed by atoms with Crippen LogP contribution in [-0.2, 0) is 11.2 Å². The van der Waals surface area contributed by atoms with Crippen molar-refractivity contribution in [2.24, 2.45) is 11.5 Å². The van der Waals surface area contributed by atoms with Gasteiger partial charge in [0.2, 0.25) is 5.91 Å². The fourth-order valence-corrected chi connectivity index (χ4v) is 2.00. The zero-order valence-electron chi connectivity index (χ0n) is 9.60. The lowest BCUT2D eigenvalue weighted by atomic mass is 9.99. The highest BCUT2D eigenvalue weighted by molar-refractivity contribution is 6.00. The molecule has 0 spiro atoms. The van der Waals surface area contributed by atoms with Crippen LogP contribution in [0.25, 0.3) is 0 Å². The molecule has 0 fully saturated rings. The second-order valence-corrected chi connectivity index (χ2v) is 4.40. The van der Waals surface area contributed by atoms with E-state index in [1.807, 2.05) is 25.1 Å². The second kappa shape index (κ2) is 3.88. The van der Waals surface area contributed by atoms with Gasteiger partial charge in [-0.1, -0.05) is 12.1 Å². The van der Waals surface area contributed by atoms with Crippen molar-refractivity contribution in [1.82, 2.24) is 0 Å². The highest BCUT2D eigenvalue weighted by Crippen LogP contribution is 2.30. The minimum atomic E-state index is -0.175. The van der Waals surface area contributed by atoms with Crippen LogP contribution in [0.5, 0.6) is 0 Å². The monoisotopic (exact) mass is 219 g/mol. The zero-order chi connectivity index (χ0) is 11.9. The molecule has 4 nitrogen and oxygen atoms in total. The predicted octanol–water partition coefficient (Wildman–Crippen LogP) is 0.552. The number of nitrogens with zero attached hydrogens (tertiary/aromatic N) is 1. The molecule has 2 unspecified atom stereocenters. The van der Waals surface area contributed by atoms with Crippen molar-refractivity contribution in [2.75, 3.05) is 11.9 Å². The molecule has 0 saturated heterocycles. The molecule has 1 aromatic carbocycles. The largest absolute Gasteiger partial charge is 0.326 e. The van der Waals surface area contributed by atoms with Crippen LogP contribution in [0.1, 0.15) is 24.1 Å². The fraction of sp³-hybridized carbons (Fsp3) is 0.417. The standard InChI is InChI=1S/C12H17N3O/c1-7(13)12(14)8-3-4-10-9(5-8)6-11(16)15(10)2/h3-5,7,12H,6,13-14H2,1-2H3. The Morgan fingerprint density at radius 2 is 2.06 bits per heavy atom. The van der Waals surface area contributed by atoms with Gasteiger partial charge in [0.05, 0.1) is 6.42 Å². The van der Waals surface area contributed by atoms with E-state index in [4.69, 9.17) is 11.5 Å². The predicted molar refractivity (Wildman–Crippen MR) is 64.1 cm³/mol. The van der Waals surface area contributed by atoms with Gasteiger partial charge in [-0.05, 0) is 24.1 Å². The maximum atomic E-state index is 11.5. The number of hydrogen-bond donors (Lipinski definition) is 2. The molecule has 1 amide bonds. The van der Waals surface area contributed by atoms with Gasteiger partial charge in [0.25, 0.3) is 0 Å². The SMILES string of the molecule is CC(N)C(N)c1ccc2c(c1)CC(=O)N2C. The molecule has 2 rings (SSSR count). The number of hydrogen-bond acceptors (Lipinski definition) is 3. The summed E-state index contributed by atoms with van der Waals surface area (Å²) in [5, 5.41) is 0. The summed E-state index contributed by atoms with van der Waals surface area (Å²) in [6.07, 6.45) is 0.464. The Balaban J connectivity index is 2.35. The van der Waals surface area contributed by atoms with Crippen molar-refractivity contribution in [2.45, 2.75) is 25.4 Å². The van der Waals surface area contributed by atoms with E-state index in [2.05, 4.69) is 0 Å². The summed E-state index contributed by atoms with van der Waals surface area (Å²) in [4.78, 5) is 13.2. The lowest BCUT2D eigenvalue weighted by molar-refractivity contribution is -0.117. The summed E-state index contributed by atoms with van der Waals surface area (Å²) in [6.45, 7) is 1.88. The van der Waals surface area contributed by atoms with Crippen LogP contribution < -0.4 is 16.4 Å². The molecule has 1 aliphatic heterocycles. The molecule has 86 valence electrons. The second-order valence-electron chi connectivity index (χ2n) is 4.40. The molecule has 4 N–H and O–H groups in total. The van der Waals surface area contributed by atoms with E-state index in [0.29, 0.717) is 6.42 Å². The molecule has 0 radical (unpaired) electrons. The van der Waals surface area contributed by atoms with Gasteiger partial charge in [0, 0.05) is 24.8 Å². The quantitative estimate of drug-likeness (QED) is 0.763. The molecule has 0 saturated carbocycles. The number of fused-ring (bicyclic) bond motifs is 1. The fourth-order valence-electron chi connectivity index (χ4n) is 2.00. The summed E-state index contributed by atoms with van der Waals surface area (Å²) >= 11 is 0. The highest BCUT2D eigenvalue weighted by Gasteiger charge is 2.24. The van der Waals surface area contributed by atoms with E-state index < -0.39 is 0 Å². The first kappa shape index (κ1) is 11.1. The van der Waals surface area contributed by atoms with E-state index in [1.54, 1.807) is 11.9 Å². The lowest BCUT2D eigenvalue weighted by Gasteiger charge is -2.17. The van der Waals surface area contributed by atoms with Gasteiger partial charge in [-0.2, -0.15) is 0 Å². The average molecular weight is 219 g/mol. The third-order valence-electron chi connectivity index (χ3n) is 3.13. The van der Waals surface area contributed by atoms with Gasteiger partial charge >= 0.3 is 0 Å². The van der Waals surface area contributed by atoms with Crippen LogP contribution in [0.15, 0.2) is 18.2 Å². The van der Waals surface area contributed by atoms with Crippen LogP contribution in [0.3, 0.4) is 0 Å². The first-order valence-electron chi connectivity index (χ1n) is 5.41. The van der Waals surface area contributed by atoms with Crippen molar-refractivity contribution < 1.29 is 4.79 Å². The van der Waals surface area contributed by atoms with Gasteiger partial charge < -0.3 is 16.4 Å². The molecule has 1 aliphatic rings. The van der Waals surface area contributed by atoms with Crippen LogP contribution in [0.2, 0.25) is 0 Å². The van der Waals surface area contributed by atoms with Crippen LogP contribution in [0, 0.1) is 0 Å². The number of nitrogens with two attached hydrogens (primary N) is 2. The molecule has 0 aliphatic carbocycles. The minimum absolute atomic E-state index is 0.0899. The molecule has 0 bridgehead atoms. The Kier molecular flexibility index (Phi) is 2.69. The molecular weight excluding hydrogens is 202 g/mol. The average Bonchev–Trinajstić information content (AvgIpc) is 2.53. The zero-order valence-corrected chi connectivity index (χ0v) is 9.60. The van der Waals surface area contributed by atoms with Crippen molar-refractivity contribution in [3.63, 3.8) is 0 Å². The molecule has 4 heteroatoms. The summed E-state index contributed by atoms with van der Waals surface area (Å²) in [5.41, 5.74) is 14.8. The summed E-state index contributed by atoms with van der Waals surface area (Å²) in [5.74, 6) is 0.126. The normalized spacial score (nSPS) is 18.5. The maximum Gasteiger partial charge on any atom is 0.231 e. The van der Waals surface area contributed by atoms with E-state index in [1.165, 1.54) is 0 Å². The third-order valence-corrected chi connectivity index (χ3v) is 3.13. The van der Waals surface area contributed by atoms with Gasteiger partial charge in [-0.3, -0.25) is 4.79 Å². The van der Waals surface area contributed by atoms with Gasteiger partial charge in [-0.25, -0.2) is 0 Å². The lowest BCUT2D eigenvalue weighted by Crippen LogP contribution is -2.31. The maximum absolute atomic E-state index is 11.5. The summed E-state index contributed by atoms with van der Waals surface area (Å²) in [7, 11) is 1.79. The van der Waals surface area contributed by atoms with Crippen molar-refractivity contribution >= 4 is 11.6 Å². The molecule has 16 heavy (non-hydrogen) atoms. The Labute approximate surface area is 95.2 Å². The van der Waals surface area contributed by atoms with Crippen LogP contribution in [-0.4, -0.2) is 19.0 Å². The number of carbonyl (C=O) groups is 1. The number of benzene rings is 1. The number of carbonyl (C=O) groups excluding carboxylic acids is 1. The first-order chi connectivity index (χ1) is 7.50. The van der Waals surface area contributed by atoms with E-state index >= 15 is 0 Å². The first-order valence-corrected chi connectivity index (χ1v) is 5.41.